The van der Waals surface area contributed by atoms with Crippen LogP contribution in [0.2, 0.25) is 0 Å². The van der Waals surface area contributed by atoms with Gasteiger partial charge in [0.15, 0.2) is 5.69 Å². The number of nitrogens with zero attached hydrogens (tertiary/aromatic N) is 2. The number of esters is 1. The molecule has 1 aliphatic heterocycles. The maximum absolute atomic E-state index is 12.8. The Balaban J connectivity index is 1.90. The highest BCUT2D eigenvalue weighted by Crippen LogP contribution is 2.42. The Hall–Kier alpha value is -2.56. The third-order valence-corrected chi connectivity index (χ3v) is 5.93. The van der Waals surface area contributed by atoms with E-state index >= 15 is 0 Å². The van der Waals surface area contributed by atoms with Gasteiger partial charge in [-0.3, -0.25) is 14.6 Å². The number of halogens is 1. The molecule has 1 fully saturated rings. The van der Waals surface area contributed by atoms with Crippen molar-refractivity contribution in [2.45, 2.75) is 57.5 Å². The number of aromatic nitrogens is 2. The Kier molecular flexibility index (Phi) is 6.93. The Labute approximate surface area is 188 Å². The molecule has 166 valence electrons. The minimum Gasteiger partial charge on any atom is -0.459 e. The SMILES string of the molecule is CCC1(O)C(C)OC(c2ccncc2NC(=O)c2nc(Br)ccc2N)CC1OC(C)=O. The van der Waals surface area contributed by atoms with Crippen LogP contribution >= 0.6 is 15.9 Å². The van der Waals surface area contributed by atoms with Gasteiger partial charge in [0.2, 0.25) is 0 Å². The summed E-state index contributed by atoms with van der Waals surface area (Å²) in [6.07, 6.45) is 1.73. The molecule has 1 amide bonds. The predicted octanol–water partition coefficient (Wildman–Crippen LogP) is 3.00. The average Bonchev–Trinajstić information content (AvgIpc) is 2.73. The molecule has 3 heterocycles. The number of carbonyl (C=O) groups excluding carboxylic acids is 2. The van der Waals surface area contributed by atoms with E-state index in [1.807, 2.05) is 6.92 Å². The predicted molar refractivity (Wildman–Crippen MR) is 117 cm³/mol. The van der Waals surface area contributed by atoms with Gasteiger partial charge in [-0.2, -0.15) is 0 Å². The molecule has 0 radical (unpaired) electrons. The van der Waals surface area contributed by atoms with Crippen LogP contribution in [0.25, 0.3) is 0 Å². The normalized spacial score (nSPS) is 25.6. The van der Waals surface area contributed by atoms with Crippen molar-refractivity contribution in [3.63, 3.8) is 0 Å². The number of ether oxygens (including phenoxy) is 2. The van der Waals surface area contributed by atoms with Crippen molar-refractivity contribution in [2.75, 3.05) is 11.1 Å². The highest BCUT2D eigenvalue weighted by atomic mass is 79.9. The molecule has 4 atom stereocenters. The number of anilines is 2. The molecular weight excluding hydrogens is 468 g/mol. The number of nitrogens with one attached hydrogen (secondary N) is 1. The van der Waals surface area contributed by atoms with Gasteiger partial charge in [0.05, 0.1) is 29.8 Å². The fourth-order valence-electron chi connectivity index (χ4n) is 3.75. The van der Waals surface area contributed by atoms with Crippen LogP contribution in [0.3, 0.4) is 0 Å². The molecule has 1 saturated heterocycles. The molecule has 2 aromatic heterocycles. The van der Waals surface area contributed by atoms with Gasteiger partial charge < -0.3 is 25.6 Å². The summed E-state index contributed by atoms with van der Waals surface area (Å²) in [5.41, 5.74) is 5.93. The molecule has 3 rings (SSSR count). The van der Waals surface area contributed by atoms with Crippen LogP contribution in [0.5, 0.6) is 0 Å². The number of aliphatic hydroxyl groups is 1. The Bertz CT molecular complexity index is 988. The van der Waals surface area contributed by atoms with Crippen LogP contribution in [-0.4, -0.2) is 44.8 Å². The topological polar surface area (TPSA) is 137 Å². The third kappa shape index (κ3) is 4.86. The van der Waals surface area contributed by atoms with E-state index in [9.17, 15) is 14.7 Å². The highest BCUT2D eigenvalue weighted by molar-refractivity contribution is 9.10. The van der Waals surface area contributed by atoms with Gasteiger partial charge in [-0.05, 0) is 47.5 Å². The molecule has 0 bridgehead atoms. The van der Waals surface area contributed by atoms with Gasteiger partial charge in [0.1, 0.15) is 16.3 Å². The lowest BCUT2D eigenvalue weighted by atomic mass is 9.81. The monoisotopic (exact) mass is 492 g/mol. The smallest absolute Gasteiger partial charge is 0.303 e. The van der Waals surface area contributed by atoms with Crippen LogP contribution in [0.4, 0.5) is 11.4 Å². The van der Waals surface area contributed by atoms with Gasteiger partial charge in [-0.1, -0.05) is 6.92 Å². The molecule has 0 aromatic carbocycles. The number of rotatable bonds is 5. The number of amides is 1. The molecule has 0 aliphatic carbocycles. The molecule has 2 aromatic rings. The van der Waals surface area contributed by atoms with Crippen molar-refractivity contribution in [1.29, 1.82) is 0 Å². The minimum atomic E-state index is -1.31. The molecular formula is C21H25BrN4O5. The highest BCUT2D eigenvalue weighted by Gasteiger charge is 2.49. The second kappa shape index (κ2) is 9.29. The first-order valence-corrected chi connectivity index (χ1v) is 10.7. The first-order valence-electron chi connectivity index (χ1n) is 9.88. The van der Waals surface area contributed by atoms with Crippen LogP contribution < -0.4 is 11.1 Å². The molecule has 31 heavy (non-hydrogen) atoms. The fraction of sp³-hybridized carbons (Fsp3) is 0.429. The Morgan fingerprint density at radius 3 is 2.84 bits per heavy atom. The Morgan fingerprint density at radius 1 is 1.42 bits per heavy atom. The van der Waals surface area contributed by atoms with Crippen molar-refractivity contribution >= 4 is 39.2 Å². The van der Waals surface area contributed by atoms with Crippen molar-refractivity contribution in [1.82, 2.24) is 9.97 Å². The lowest BCUT2D eigenvalue weighted by Gasteiger charge is -2.46. The maximum Gasteiger partial charge on any atom is 0.303 e. The zero-order valence-electron chi connectivity index (χ0n) is 17.5. The van der Waals surface area contributed by atoms with E-state index in [2.05, 4.69) is 31.2 Å². The lowest BCUT2D eigenvalue weighted by Crippen LogP contribution is -2.57. The molecule has 10 heteroatoms. The summed E-state index contributed by atoms with van der Waals surface area (Å²) in [4.78, 5) is 32.7. The zero-order chi connectivity index (χ0) is 22.8. The average molecular weight is 493 g/mol. The molecule has 0 spiro atoms. The molecule has 4 N–H and O–H groups in total. The van der Waals surface area contributed by atoms with Crippen LogP contribution in [0.15, 0.2) is 35.2 Å². The molecule has 0 saturated carbocycles. The van der Waals surface area contributed by atoms with E-state index in [-0.39, 0.29) is 17.8 Å². The molecule has 4 unspecified atom stereocenters. The van der Waals surface area contributed by atoms with Gasteiger partial charge in [0, 0.05) is 25.1 Å². The summed E-state index contributed by atoms with van der Waals surface area (Å²) in [7, 11) is 0. The first kappa shape index (κ1) is 23.1. The zero-order valence-corrected chi connectivity index (χ0v) is 19.0. The van der Waals surface area contributed by atoms with E-state index in [0.29, 0.717) is 22.3 Å². The van der Waals surface area contributed by atoms with Crippen molar-refractivity contribution < 1.29 is 24.2 Å². The summed E-state index contributed by atoms with van der Waals surface area (Å²) < 4.78 is 12.0. The summed E-state index contributed by atoms with van der Waals surface area (Å²) >= 11 is 3.23. The summed E-state index contributed by atoms with van der Waals surface area (Å²) in [6, 6.07) is 4.94. The number of pyridine rings is 2. The second-order valence-electron chi connectivity index (χ2n) is 7.43. The first-order chi connectivity index (χ1) is 14.7. The number of nitrogen functional groups attached to an aromatic ring is 1. The van der Waals surface area contributed by atoms with Crippen LogP contribution in [0, 0.1) is 0 Å². The summed E-state index contributed by atoms with van der Waals surface area (Å²) in [5.74, 6) is -0.984. The fourth-order valence-corrected chi connectivity index (χ4v) is 4.06. The van der Waals surface area contributed by atoms with Crippen LogP contribution in [0.1, 0.15) is 55.8 Å². The number of carbonyl (C=O) groups is 2. The van der Waals surface area contributed by atoms with Gasteiger partial charge in [-0.15, -0.1) is 0 Å². The largest absolute Gasteiger partial charge is 0.459 e. The van der Waals surface area contributed by atoms with E-state index in [1.54, 1.807) is 31.3 Å². The quantitative estimate of drug-likeness (QED) is 0.427. The standard InChI is InChI=1S/C21H25BrN4O5/c1-4-21(29)11(2)30-16(9-17(21)31-12(3)27)13-7-8-24-10-15(13)25-20(28)19-14(23)5-6-18(22)26-19/h5-8,10-11,16-17,29H,4,9,23H2,1-3H3,(H,25,28). The van der Waals surface area contributed by atoms with E-state index in [4.69, 9.17) is 15.2 Å². The summed E-state index contributed by atoms with van der Waals surface area (Å²) in [6.45, 7) is 4.85. The van der Waals surface area contributed by atoms with E-state index < -0.39 is 35.8 Å². The summed E-state index contributed by atoms with van der Waals surface area (Å²) in [5, 5.41) is 13.8. The van der Waals surface area contributed by atoms with Gasteiger partial charge in [0.25, 0.3) is 5.91 Å². The van der Waals surface area contributed by atoms with Gasteiger partial charge >= 0.3 is 5.97 Å². The van der Waals surface area contributed by atoms with E-state index in [1.165, 1.54) is 13.1 Å². The third-order valence-electron chi connectivity index (χ3n) is 5.49. The van der Waals surface area contributed by atoms with Crippen molar-refractivity contribution in [3.05, 3.63) is 46.5 Å². The number of nitrogens with two attached hydrogens (primary N) is 1. The number of hydrogen-bond acceptors (Lipinski definition) is 8. The van der Waals surface area contributed by atoms with Crippen molar-refractivity contribution in [3.8, 4) is 0 Å². The number of hydrogen-bond donors (Lipinski definition) is 3. The minimum absolute atomic E-state index is 0.0697. The van der Waals surface area contributed by atoms with E-state index in [0.717, 1.165) is 0 Å². The molecule has 9 nitrogen and oxygen atoms in total. The second-order valence-corrected chi connectivity index (χ2v) is 8.25. The maximum atomic E-state index is 12.8. The lowest BCUT2D eigenvalue weighted by molar-refractivity contribution is -0.234. The van der Waals surface area contributed by atoms with Crippen molar-refractivity contribution in [2.24, 2.45) is 0 Å². The Morgan fingerprint density at radius 2 is 2.16 bits per heavy atom. The van der Waals surface area contributed by atoms with Gasteiger partial charge in [-0.25, -0.2) is 4.98 Å². The van der Waals surface area contributed by atoms with Crippen LogP contribution in [-0.2, 0) is 14.3 Å². The molecule has 1 aliphatic rings.